The average molecular weight is 181 g/mol. The number of fused-ring (bicyclic) bond motifs is 1. The molecule has 0 amide bonds. The minimum absolute atomic E-state index is 0.0880. The number of hydrogen-bond donors (Lipinski definition) is 1. The number of benzene rings is 1. The van der Waals surface area contributed by atoms with Crippen LogP contribution in [0.25, 0.3) is 11.0 Å². The molecular formula is C8H4FNO3. The zero-order valence-electron chi connectivity index (χ0n) is 6.32. The second-order valence-electron chi connectivity index (χ2n) is 2.45. The van der Waals surface area contributed by atoms with Crippen LogP contribution in [0, 0.1) is 5.82 Å². The molecule has 0 radical (unpaired) electrons. The smallest absolute Gasteiger partial charge is 0.358 e. The molecule has 0 bridgehead atoms. The van der Waals surface area contributed by atoms with Gasteiger partial charge in [-0.2, -0.15) is 0 Å². The Kier molecular flexibility index (Phi) is 1.51. The summed E-state index contributed by atoms with van der Waals surface area (Å²) in [5, 5.41) is 11.8. The normalized spacial score (nSPS) is 10.5. The number of carboxylic acid groups (broad SMARTS) is 1. The lowest BCUT2D eigenvalue weighted by Crippen LogP contribution is -1.97. The first-order valence-electron chi connectivity index (χ1n) is 3.47. The number of rotatable bonds is 1. The molecule has 1 N–H and O–H groups in total. The van der Waals surface area contributed by atoms with Crippen molar-refractivity contribution in [1.29, 1.82) is 0 Å². The van der Waals surface area contributed by atoms with E-state index >= 15 is 0 Å². The van der Waals surface area contributed by atoms with Gasteiger partial charge in [0.05, 0.1) is 5.39 Å². The number of aromatic nitrogens is 1. The number of nitrogens with zero attached hydrogens (tertiary/aromatic N) is 1. The van der Waals surface area contributed by atoms with Crippen LogP contribution in [-0.2, 0) is 0 Å². The van der Waals surface area contributed by atoms with Gasteiger partial charge in [0.25, 0.3) is 0 Å². The van der Waals surface area contributed by atoms with Crippen LogP contribution in [0.5, 0.6) is 0 Å². The summed E-state index contributed by atoms with van der Waals surface area (Å²) in [6.45, 7) is 0. The molecule has 13 heavy (non-hydrogen) atoms. The molecule has 0 aliphatic heterocycles. The number of carboxylic acids is 1. The molecular weight excluding hydrogens is 177 g/mol. The number of aromatic carboxylic acids is 1. The van der Waals surface area contributed by atoms with Crippen molar-refractivity contribution in [3.8, 4) is 0 Å². The maximum atomic E-state index is 13.1. The van der Waals surface area contributed by atoms with Gasteiger partial charge in [-0.15, -0.1) is 0 Å². The maximum absolute atomic E-state index is 13.1. The van der Waals surface area contributed by atoms with Gasteiger partial charge in [0.1, 0.15) is 5.82 Å². The lowest BCUT2D eigenvalue weighted by Gasteiger charge is -1.89. The zero-order chi connectivity index (χ0) is 9.42. The third-order valence-electron chi connectivity index (χ3n) is 1.65. The summed E-state index contributed by atoms with van der Waals surface area (Å²) in [7, 11) is 0. The van der Waals surface area contributed by atoms with E-state index in [2.05, 4.69) is 9.68 Å². The van der Waals surface area contributed by atoms with Crippen molar-refractivity contribution in [2.75, 3.05) is 0 Å². The standard InChI is InChI=1S/C8H4FNO3/c9-4-2-1-3-5-6(4)7(8(11)12)10-13-5/h1-3H,(H,11,12). The van der Waals surface area contributed by atoms with Crippen LogP contribution in [0.4, 0.5) is 4.39 Å². The molecule has 5 heteroatoms. The largest absolute Gasteiger partial charge is 0.476 e. The number of halogens is 1. The summed E-state index contributed by atoms with van der Waals surface area (Å²) in [4.78, 5) is 10.5. The Hall–Kier alpha value is -1.91. The summed E-state index contributed by atoms with van der Waals surface area (Å²) in [6, 6.07) is 4.04. The highest BCUT2D eigenvalue weighted by Gasteiger charge is 2.17. The summed E-state index contributed by atoms with van der Waals surface area (Å²) in [5.41, 5.74) is -0.259. The Labute approximate surface area is 71.6 Å². The average Bonchev–Trinajstić information content (AvgIpc) is 2.49. The molecule has 0 spiro atoms. The fraction of sp³-hybridized carbons (Fsp3) is 0. The fourth-order valence-electron chi connectivity index (χ4n) is 1.10. The molecule has 0 aliphatic rings. The first-order valence-corrected chi connectivity index (χ1v) is 3.47. The molecule has 0 saturated heterocycles. The van der Waals surface area contributed by atoms with E-state index in [0.29, 0.717) is 0 Å². The molecule has 2 rings (SSSR count). The van der Waals surface area contributed by atoms with Gasteiger partial charge in [0, 0.05) is 0 Å². The van der Waals surface area contributed by atoms with E-state index in [-0.39, 0.29) is 11.0 Å². The summed E-state index contributed by atoms with van der Waals surface area (Å²) < 4.78 is 17.7. The Morgan fingerprint density at radius 1 is 1.54 bits per heavy atom. The molecule has 0 unspecified atom stereocenters. The minimum Gasteiger partial charge on any atom is -0.476 e. The molecule has 1 aromatic heterocycles. The van der Waals surface area contributed by atoms with Crippen LogP contribution >= 0.6 is 0 Å². The van der Waals surface area contributed by atoms with E-state index in [1.165, 1.54) is 12.1 Å². The van der Waals surface area contributed by atoms with Crippen molar-refractivity contribution in [2.45, 2.75) is 0 Å². The predicted molar refractivity (Wildman–Crippen MR) is 40.9 cm³/mol. The summed E-state index contributed by atoms with van der Waals surface area (Å²) >= 11 is 0. The maximum Gasteiger partial charge on any atom is 0.358 e. The van der Waals surface area contributed by atoms with Gasteiger partial charge in [-0.05, 0) is 12.1 Å². The second-order valence-corrected chi connectivity index (χ2v) is 2.45. The SMILES string of the molecule is O=C(O)c1noc2cccc(F)c12. The van der Waals surface area contributed by atoms with E-state index in [1.54, 1.807) is 0 Å². The van der Waals surface area contributed by atoms with Crippen LogP contribution < -0.4 is 0 Å². The molecule has 0 atom stereocenters. The van der Waals surface area contributed by atoms with E-state index < -0.39 is 17.5 Å². The molecule has 66 valence electrons. The topological polar surface area (TPSA) is 63.3 Å². The number of carbonyl (C=O) groups is 1. The Morgan fingerprint density at radius 3 is 3.00 bits per heavy atom. The van der Waals surface area contributed by atoms with Crippen LogP contribution in [0.3, 0.4) is 0 Å². The van der Waals surface area contributed by atoms with Crippen molar-refractivity contribution in [2.24, 2.45) is 0 Å². The van der Waals surface area contributed by atoms with Gasteiger partial charge in [-0.1, -0.05) is 11.2 Å². The van der Waals surface area contributed by atoms with Gasteiger partial charge in [-0.3, -0.25) is 0 Å². The predicted octanol–water partition coefficient (Wildman–Crippen LogP) is 1.67. The van der Waals surface area contributed by atoms with Crippen molar-refractivity contribution in [1.82, 2.24) is 5.16 Å². The van der Waals surface area contributed by atoms with Crippen LogP contribution in [0.1, 0.15) is 10.5 Å². The van der Waals surface area contributed by atoms with Crippen LogP contribution in [0.2, 0.25) is 0 Å². The van der Waals surface area contributed by atoms with Crippen molar-refractivity contribution in [3.05, 3.63) is 29.7 Å². The van der Waals surface area contributed by atoms with Crippen LogP contribution in [-0.4, -0.2) is 16.2 Å². The van der Waals surface area contributed by atoms with Crippen molar-refractivity contribution in [3.63, 3.8) is 0 Å². The highest BCUT2D eigenvalue weighted by atomic mass is 19.1. The zero-order valence-corrected chi connectivity index (χ0v) is 6.32. The quantitative estimate of drug-likeness (QED) is 0.726. The molecule has 0 fully saturated rings. The van der Waals surface area contributed by atoms with Crippen molar-refractivity contribution < 1.29 is 18.8 Å². The highest BCUT2D eigenvalue weighted by Crippen LogP contribution is 2.21. The molecule has 4 nitrogen and oxygen atoms in total. The molecule has 0 saturated carbocycles. The highest BCUT2D eigenvalue weighted by molar-refractivity contribution is 6.00. The van der Waals surface area contributed by atoms with Gasteiger partial charge in [0.15, 0.2) is 5.58 Å². The number of hydrogen-bond acceptors (Lipinski definition) is 3. The van der Waals surface area contributed by atoms with Crippen LogP contribution in [0.15, 0.2) is 22.7 Å². The van der Waals surface area contributed by atoms with Gasteiger partial charge < -0.3 is 9.63 Å². The van der Waals surface area contributed by atoms with Crippen molar-refractivity contribution >= 4 is 16.9 Å². The van der Waals surface area contributed by atoms with E-state index in [0.717, 1.165) is 6.07 Å². The summed E-state index contributed by atoms with van der Waals surface area (Å²) in [5.74, 6) is -1.94. The lowest BCUT2D eigenvalue weighted by atomic mass is 10.2. The fourth-order valence-corrected chi connectivity index (χ4v) is 1.10. The Bertz CT molecular complexity index is 477. The van der Waals surface area contributed by atoms with E-state index in [9.17, 15) is 9.18 Å². The Balaban J connectivity index is 2.86. The minimum atomic E-state index is -1.30. The molecule has 0 aliphatic carbocycles. The monoisotopic (exact) mass is 181 g/mol. The second kappa shape index (κ2) is 2.55. The van der Waals surface area contributed by atoms with E-state index in [1.807, 2.05) is 0 Å². The first kappa shape index (κ1) is 7.72. The molecule has 1 aromatic carbocycles. The third kappa shape index (κ3) is 1.05. The lowest BCUT2D eigenvalue weighted by molar-refractivity contribution is 0.0687. The molecule has 2 aromatic rings. The summed E-state index contributed by atoms with van der Waals surface area (Å²) in [6.07, 6.45) is 0. The van der Waals surface area contributed by atoms with Gasteiger partial charge in [0.2, 0.25) is 5.69 Å². The third-order valence-corrected chi connectivity index (χ3v) is 1.65. The van der Waals surface area contributed by atoms with E-state index in [4.69, 9.17) is 5.11 Å². The van der Waals surface area contributed by atoms with Gasteiger partial charge in [-0.25, -0.2) is 9.18 Å². The molecule has 1 heterocycles. The Morgan fingerprint density at radius 2 is 2.31 bits per heavy atom. The first-order chi connectivity index (χ1) is 6.20. The van der Waals surface area contributed by atoms with Gasteiger partial charge >= 0.3 is 5.97 Å².